The Labute approximate surface area is 98.7 Å². The van der Waals surface area contributed by atoms with Crippen molar-refractivity contribution in [2.45, 2.75) is 26.0 Å². The van der Waals surface area contributed by atoms with Gasteiger partial charge in [0.1, 0.15) is 0 Å². The van der Waals surface area contributed by atoms with Crippen LogP contribution in [0.4, 0.5) is 15.8 Å². The molecular formula is C11H15FN2O3. The zero-order valence-corrected chi connectivity index (χ0v) is 9.94. The van der Waals surface area contributed by atoms with Crippen LogP contribution in [0.1, 0.15) is 13.8 Å². The summed E-state index contributed by atoms with van der Waals surface area (Å²) in [5.74, 6) is -0.840. The molecule has 0 radical (unpaired) electrons. The van der Waals surface area contributed by atoms with Crippen LogP contribution in [0.15, 0.2) is 18.2 Å². The van der Waals surface area contributed by atoms with Gasteiger partial charge in [-0.3, -0.25) is 10.1 Å². The summed E-state index contributed by atoms with van der Waals surface area (Å²) in [7, 11) is 1.58. The van der Waals surface area contributed by atoms with E-state index in [1.807, 2.05) is 13.8 Å². The normalized spacial score (nSPS) is 14.1. The van der Waals surface area contributed by atoms with Crippen molar-refractivity contribution in [3.05, 3.63) is 34.1 Å². The Balaban J connectivity index is 2.86. The molecule has 1 aromatic rings. The molecule has 5 nitrogen and oxygen atoms in total. The molecule has 0 spiro atoms. The lowest BCUT2D eigenvalue weighted by molar-refractivity contribution is -0.387. The number of hydrogen-bond donors (Lipinski definition) is 1. The van der Waals surface area contributed by atoms with E-state index in [9.17, 15) is 14.5 Å². The van der Waals surface area contributed by atoms with Gasteiger partial charge >= 0.3 is 5.69 Å². The minimum Gasteiger partial charge on any atom is -0.380 e. The van der Waals surface area contributed by atoms with Crippen LogP contribution < -0.4 is 5.32 Å². The van der Waals surface area contributed by atoms with E-state index in [0.717, 1.165) is 6.07 Å². The van der Waals surface area contributed by atoms with Crippen molar-refractivity contribution < 1.29 is 14.1 Å². The van der Waals surface area contributed by atoms with Gasteiger partial charge in [0.05, 0.1) is 11.0 Å². The topological polar surface area (TPSA) is 64.4 Å². The van der Waals surface area contributed by atoms with Crippen molar-refractivity contribution >= 4 is 11.4 Å². The second-order valence-corrected chi connectivity index (χ2v) is 3.80. The second kappa shape index (κ2) is 5.58. The van der Waals surface area contributed by atoms with E-state index in [0.29, 0.717) is 5.69 Å². The maximum absolute atomic E-state index is 13.1. The molecule has 0 aliphatic heterocycles. The van der Waals surface area contributed by atoms with Crippen LogP contribution in [0.5, 0.6) is 0 Å². The van der Waals surface area contributed by atoms with Gasteiger partial charge in [-0.25, -0.2) is 0 Å². The molecule has 1 aromatic carbocycles. The minimum absolute atomic E-state index is 0.0370. The lowest BCUT2D eigenvalue weighted by atomic mass is 10.2. The first-order valence-electron chi connectivity index (χ1n) is 5.19. The summed E-state index contributed by atoms with van der Waals surface area (Å²) in [5.41, 5.74) is -0.0400. The number of nitrogens with zero attached hydrogens (tertiary/aromatic N) is 1. The van der Waals surface area contributed by atoms with Gasteiger partial charge in [0.15, 0.2) is 0 Å². The van der Waals surface area contributed by atoms with Crippen molar-refractivity contribution in [1.29, 1.82) is 0 Å². The molecule has 0 bridgehead atoms. The van der Waals surface area contributed by atoms with Crippen molar-refractivity contribution in [3.8, 4) is 0 Å². The Morgan fingerprint density at radius 1 is 1.47 bits per heavy atom. The first kappa shape index (κ1) is 13.4. The highest BCUT2D eigenvalue weighted by Crippen LogP contribution is 2.22. The Hall–Kier alpha value is -1.69. The first-order chi connectivity index (χ1) is 7.95. The number of anilines is 1. The molecule has 0 fully saturated rings. The molecule has 0 saturated heterocycles. The van der Waals surface area contributed by atoms with E-state index in [2.05, 4.69) is 5.32 Å². The van der Waals surface area contributed by atoms with Gasteiger partial charge in [0.25, 0.3) is 0 Å². The van der Waals surface area contributed by atoms with Gasteiger partial charge in [-0.2, -0.15) is 4.39 Å². The molecule has 1 N–H and O–H groups in total. The van der Waals surface area contributed by atoms with Gasteiger partial charge in [-0.1, -0.05) is 0 Å². The number of methoxy groups -OCH3 is 1. The number of nitro benzene ring substituents is 1. The van der Waals surface area contributed by atoms with Gasteiger partial charge in [-0.15, -0.1) is 0 Å². The van der Waals surface area contributed by atoms with Crippen LogP contribution in [-0.4, -0.2) is 24.2 Å². The molecule has 0 saturated carbocycles. The smallest absolute Gasteiger partial charge is 0.306 e. The van der Waals surface area contributed by atoms with Crippen LogP contribution in [0.3, 0.4) is 0 Å². The molecule has 0 aliphatic rings. The Bertz CT molecular complexity index is 412. The molecule has 1 rings (SSSR count). The van der Waals surface area contributed by atoms with Gasteiger partial charge in [0.2, 0.25) is 5.82 Å². The molecule has 2 atom stereocenters. The molecule has 2 unspecified atom stereocenters. The monoisotopic (exact) mass is 242 g/mol. The molecule has 17 heavy (non-hydrogen) atoms. The highest BCUT2D eigenvalue weighted by molar-refractivity contribution is 5.52. The number of ether oxygens (including phenoxy) is 1. The molecule has 6 heteroatoms. The number of rotatable bonds is 5. The van der Waals surface area contributed by atoms with Crippen LogP contribution in [-0.2, 0) is 4.74 Å². The zero-order chi connectivity index (χ0) is 13.0. The number of benzene rings is 1. The Morgan fingerprint density at radius 2 is 2.12 bits per heavy atom. The second-order valence-electron chi connectivity index (χ2n) is 3.80. The van der Waals surface area contributed by atoms with E-state index < -0.39 is 16.4 Å². The first-order valence-corrected chi connectivity index (χ1v) is 5.19. The quantitative estimate of drug-likeness (QED) is 0.636. The number of hydrogen-bond acceptors (Lipinski definition) is 4. The average molecular weight is 242 g/mol. The maximum Gasteiger partial charge on any atom is 0.306 e. The fraction of sp³-hybridized carbons (Fsp3) is 0.455. The van der Waals surface area contributed by atoms with Gasteiger partial charge < -0.3 is 10.1 Å². The molecular weight excluding hydrogens is 227 g/mol. The van der Waals surface area contributed by atoms with E-state index >= 15 is 0 Å². The summed E-state index contributed by atoms with van der Waals surface area (Å²) in [5, 5.41) is 13.6. The van der Waals surface area contributed by atoms with E-state index in [1.54, 1.807) is 7.11 Å². The summed E-state index contributed by atoms with van der Waals surface area (Å²) >= 11 is 0. The highest BCUT2D eigenvalue weighted by Gasteiger charge is 2.16. The fourth-order valence-electron chi connectivity index (χ4n) is 1.33. The lowest BCUT2D eigenvalue weighted by Crippen LogP contribution is -2.29. The summed E-state index contributed by atoms with van der Waals surface area (Å²) in [6, 6.07) is 3.67. The third-order valence-corrected chi connectivity index (χ3v) is 2.61. The van der Waals surface area contributed by atoms with E-state index in [4.69, 9.17) is 4.74 Å². The third-order valence-electron chi connectivity index (χ3n) is 2.61. The van der Waals surface area contributed by atoms with E-state index in [-0.39, 0.29) is 12.1 Å². The summed E-state index contributed by atoms with van der Waals surface area (Å²) in [4.78, 5) is 9.82. The standard InChI is InChI=1S/C11H15FN2O3/c1-7(8(2)17-3)13-9-4-5-10(12)11(6-9)14(15)16/h4-8,13H,1-3H3. The lowest BCUT2D eigenvalue weighted by Gasteiger charge is -2.20. The van der Waals surface area contributed by atoms with Crippen molar-refractivity contribution in [2.75, 3.05) is 12.4 Å². The minimum atomic E-state index is -0.840. The summed E-state index contributed by atoms with van der Waals surface area (Å²) in [6.07, 6.45) is -0.0564. The van der Waals surface area contributed by atoms with Gasteiger partial charge in [-0.05, 0) is 26.0 Å². The Morgan fingerprint density at radius 3 is 2.65 bits per heavy atom. The van der Waals surface area contributed by atoms with Gasteiger partial charge in [0, 0.05) is 24.9 Å². The van der Waals surface area contributed by atoms with Crippen molar-refractivity contribution in [3.63, 3.8) is 0 Å². The molecule has 0 amide bonds. The SMILES string of the molecule is COC(C)C(C)Nc1ccc(F)c([N+](=O)[O-])c1. The van der Waals surface area contributed by atoms with Crippen LogP contribution in [0, 0.1) is 15.9 Å². The molecule has 94 valence electrons. The van der Waals surface area contributed by atoms with Crippen molar-refractivity contribution in [2.24, 2.45) is 0 Å². The highest BCUT2D eigenvalue weighted by atomic mass is 19.1. The molecule has 0 aliphatic carbocycles. The molecule has 0 aromatic heterocycles. The number of halogens is 1. The van der Waals surface area contributed by atoms with Crippen molar-refractivity contribution in [1.82, 2.24) is 0 Å². The third kappa shape index (κ3) is 3.39. The predicted molar refractivity (Wildman–Crippen MR) is 62.6 cm³/mol. The van der Waals surface area contributed by atoms with Crippen LogP contribution in [0.2, 0.25) is 0 Å². The Kier molecular flexibility index (Phi) is 4.39. The largest absolute Gasteiger partial charge is 0.380 e. The van der Waals surface area contributed by atoms with Crippen LogP contribution in [0.25, 0.3) is 0 Å². The molecule has 0 heterocycles. The summed E-state index contributed by atoms with van der Waals surface area (Å²) in [6.45, 7) is 3.75. The van der Waals surface area contributed by atoms with Crippen LogP contribution >= 0.6 is 0 Å². The average Bonchev–Trinajstić information content (AvgIpc) is 2.30. The number of nitro groups is 1. The maximum atomic E-state index is 13.1. The fourth-order valence-corrected chi connectivity index (χ4v) is 1.33. The van der Waals surface area contributed by atoms with E-state index in [1.165, 1.54) is 12.1 Å². The zero-order valence-electron chi connectivity index (χ0n) is 9.94. The summed E-state index contributed by atoms with van der Waals surface area (Å²) < 4.78 is 18.2. The predicted octanol–water partition coefficient (Wildman–Crippen LogP) is 2.57. The number of nitrogens with one attached hydrogen (secondary N) is 1.